The minimum atomic E-state index is 0.169. The number of aliphatic hydroxyl groups is 1. The highest BCUT2D eigenvalue weighted by molar-refractivity contribution is 5.80. The summed E-state index contributed by atoms with van der Waals surface area (Å²) in [7, 11) is 0. The van der Waals surface area contributed by atoms with Gasteiger partial charge >= 0.3 is 0 Å². The number of carbonyl (C=O) groups is 1. The molecular weight excluding hydrogens is 240 g/mol. The van der Waals surface area contributed by atoms with Crippen LogP contribution in [0.5, 0.6) is 0 Å². The molecule has 1 fully saturated rings. The fraction of sp³-hybridized carbons (Fsp3) is 0.800. The number of hydrogen-bond donors (Lipinski definition) is 1. The number of aliphatic hydroxyl groups excluding tert-OH is 1. The van der Waals surface area contributed by atoms with E-state index in [4.69, 9.17) is 0 Å². The van der Waals surface area contributed by atoms with Crippen molar-refractivity contribution in [2.24, 2.45) is 0 Å². The van der Waals surface area contributed by atoms with E-state index < -0.39 is 0 Å². The van der Waals surface area contributed by atoms with Crippen LogP contribution in [-0.2, 0) is 4.79 Å². The average molecular weight is 266 g/mol. The maximum absolute atomic E-state index is 12.5. The lowest BCUT2D eigenvalue weighted by molar-refractivity contribution is -0.131. The predicted molar refractivity (Wildman–Crippen MR) is 75.6 cm³/mol. The highest BCUT2D eigenvalue weighted by Gasteiger charge is 2.26. The van der Waals surface area contributed by atoms with Crippen LogP contribution < -0.4 is 0 Å². The van der Waals surface area contributed by atoms with Crippen LogP contribution in [0.15, 0.2) is 11.8 Å². The first-order valence-corrected chi connectivity index (χ1v) is 7.60. The molecule has 0 aromatic heterocycles. The molecule has 0 bridgehead atoms. The van der Waals surface area contributed by atoms with Crippen molar-refractivity contribution in [3.8, 4) is 0 Å². The van der Waals surface area contributed by atoms with Crippen molar-refractivity contribution >= 4 is 5.91 Å². The van der Waals surface area contributed by atoms with Crippen LogP contribution in [0, 0.1) is 0 Å². The lowest BCUT2D eigenvalue weighted by atomic mass is 10.0. The van der Waals surface area contributed by atoms with Gasteiger partial charge in [0.25, 0.3) is 0 Å². The summed E-state index contributed by atoms with van der Waals surface area (Å²) in [6, 6.07) is 0.175. The molecule has 1 amide bonds. The smallest absolute Gasteiger partial charge is 0.240 e. The van der Waals surface area contributed by atoms with Gasteiger partial charge in [0.1, 0.15) is 0 Å². The molecule has 108 valence electrons. The number of allylic oxidation sites excluding steroid dienone is 2. The summed E-state index contributed by atoms with van der Waals surface area (Å²) in [5.74, 6) is 0.191. The van der Waals surface area contributed by atoms with E-state index in [1.807, 2.05) is 11.8 Å². The van der Waals surface area contributed by atoms with Gasteiger partial charge in [0, 0.05) is 18.3 Å². The van der Waals surface area contributed by atoms with Gasteiger partial charge in [0.05, 0.1) is 13.2 Å². The average Bonchev–Trinajstić information content (AvgIpc) is 2.94. The van der Waals surface area contributed by atoms with Crippen LogP contribution >= 0.6 is 0 Å². The van der Waals surface area contributed by atoms with Crippen LogP contribution in [0.25, 0.3) is 0 Å². The van der Waals surface area contributed by atoms with E-state index in [0.29, 0.717) is 6.54 Å². The van der Waals surface area contributed by atoms with Gasteiger partial charge in [-0.2, -0.15) is 0 Å². The molecule has 2 aliphatic rings. The maximum atomic E-state index is 12.5. The number of amides is 1. The number of nitrogens with zero attached hydrogens (tertiary/aromatic N) is 2. The first kappa shape index (κ1) is 14.5. The molecule has 0 spiro atoms. The minimum Gasteiger partial charge on any atom is -0.395 e. The Morgan fingerprint density at radius 1 is 1.47 bits per heavy atom. The van der Waals surface area contributed by atoms with Gasteiger partial charge in [-0.1, -0.05) is 12.5 Å². The molecule has 1 N–H and O–H groups in total. The van der Waals surface area contributed by atoms with E-state index in [1.54, 1.807) is 0 Å². The zero-order chi connectivity index (χ0) is 13.7. The monoisotopic (exact) mass is 266 g/mol. The Kier molecular flexibility index (Phi) is 5.40. The number of hydrogen-bond acceptors (Lipinski definition) is 3. The molecule has 1 saturated heterocycles. The summed E-state index contributed by atoms with van der Waals surface area (Å²) in [6.07, 6.45) is 8.81. The fourth-order valence-electron chi connectivity index (χ4n) is 3.17. The molecule has 0 radical (unpaired) electrons. The number of rotatable bonds is 5. The summed E-state index contributed by atoms with van der Waals surface area (Å²) in [5.41, 5.74) is 1.20. The molecule has 1 aliphatic heterocycles. The number of likely N-dealkylation sites (N-methyl/N-ethyl adjacent to an activating group) is 1. The third-order valence-electron chi connectivity index (χ3n) is 4.28. The van der Waals surface area contributed by atoms with E-state index in [-0.39, 0.29) is 18.6 Å². The van der Waals surface area contributed by atoms with Gasteiger partial charge in [-0.25, -0.2) is 0 Å². The summed E-state index contributed by atoms with van der Waals surface area (Å²) < 4.78 is 0. The largest absolute Gasteiger partial charge is 0.395 e. The van der Waals surface area contributed by atoms with Crippen molar-refractivity contribution in [2.75, 3.05) is 26.2 Å². The second kappa shape index (κ2) is 7.06. The first-order valence-electron chi connectivity index (χ1n) is 7.60. The van der Waals surface area contributed by atoms with Gasteiger partial charge in [-0.05, 0) is 45.6 Å². The Hall–Kier alpha value is -0.870. The van der Waals surface area contributed by atoms with Crippen molar-refractivity contribution in [1.82, 2.24) is 9.80 Å². The Balaban J connectivity index is 1.94. The molecule has 1 heterocycles. The van der Waals surface area contributed by atoms with Gasteiger partial charge in [-0.15, -0.1) is 0 Å². The minimum absolute atomic E-state index is 0.169. The Labute approximate surface area is 116 Å². The maximum Gasteiger partial charge on any atom is 0.240 e. The molecule has 1 atom stereocenters. The van der Waals surface area contributed by atoms with E-state index in [9.17, 15) is 9.90 Å². The molecule has 2 rings (SSSR count). The lowest BCUT2D eigenvalue weighted by Gasteiger charge is -2.35. The first-order chi connectivity index (χ1) is 9.26. The summed E-state index contributed by atoms with van der Waals surface area (Å²) >= 11 is 0. The van der Waals surface area contributed by atoms with Gasteiger partial charge in [0.2, 0.25) is 5.91 Å². The van der Waals surface area contributed by atoms with Crippen LogP contribution in [0.4, 0.5) is 0 Å². The number of likely N-dealkylation sites (tertiary alicyclic amines) is 1. The van der Waals surface area contributed by atoms with Crippen molar-refractivity contribution in [3.63, 3.8) is 0 Å². The molecule has 0 saturated carbocycles. The van der Waals surface area contributed by atoms with Crippen LogP contribution in [0.1, 0.15) is 45.4 Å². The SMILES string of the molecule is CCN(C(=O)CN1CCCCC1CO)C1=CCCC1. The molecule has 19 heavy (non-hydrogen) atoms. The zero-order valence-corrected chi connectivity index (χ0v) is 12.0. The van der Waals surface area contributed by atoms with E-state index in [1.165, 1.54) is 18.5 Å². The van der Waals surface area contributed by atoms with Gasteiger partial charge in [-0.3, -0.25) is 9.69 Å². The van der Waals surface area contributed by atoms with E-state index in [2.05, 4.69) is 11.0 Å². The molecule has 1 aliphatic carbocycles. The van der Waals surface area contributed by atoms with Crippen molar-refractivity contribution in [1.29, 1.82) is 0 Å². The molecule has 4 nitrogen and oxygen atoms in total. The van der Waals surface area contributed by atoms with Crippen molar-refractivity contribution in [2.45, 2.75) is 51.5 Å². The Morgan fingerprint density at radius 2 is 2.32 bits per heavy atom. The second-order valence-corrected chi connectivity index (χ2v) is 5.53. The van der Waals surface area contributed by atoms with E-state index >= 15 is 0 Å². The highest BCUT2D eigenvalue weighted by atomic mass is 16.3. The van der Waals surface area contributed by atoms with Gasteiger partial charge in [0.15, 0.2) is 0 Å². The Bertz CT molecular complexity index is 341. The summed E-state index contributed by atoms with van der Waals surface area (Å²) in [4.78, 5) is 16.5. The van der Waals surface area contributed by atoms with E-state index in [0.717, 1.165) is 38.8 Å². The van der Waals surface area contributed by atoms with Crippen molar-refractivity contribution in [3.05, 3.63) is 11.8 Å². The predicted octanol–water partition coefficient (Wildman–Crippen LogP) is 1.75. The van der Waals surface area contributed by atoms with Gasteiger partial charge < -0.3 is 10.0 Å². The third-order valence-corrected chi connectivity index (χ3v) is 4.28. The number of piperidine rings is 1. The zero-order valence-electron chi connectivity index (χ0n) is 12.0. The molecule has 0 aromatic carbocycles. The summed E-state index contributed by atoms with van der Waals surface area (Å²) in [6.45, 7) is 4.35. The highest BCUT2D eigenvalue weighted by Crippen LogP contribution is 2.22. The molecule has 4 heteroatoms. The summed E-state index contributed by atoms with van der Waals surface area (Å²) in [5, 5.41) is 9.40. The quantitative estimate of drug-likeness (QED) is 0.824. The fourth-order valence-corrected chi connectivity index (χ4v) is 3.17. The standard InChI is InChI=1S/C15H26N2O2/c1-2-17(13-7-3-4-8-13)15(19)11-16-10-6-5-9-14(16)12-18/h7,14,18H,2-6,8-12H2,1H3. The normalized spacial score (nSPS) is 24.3. The molecular formula is C15H26N2O2. The van der Waals surface area contributed by atoms with Crippen LogP contribution in [-0.4, -0.2) is 53.1 Å². The van der Waals surface area contributed by atoms with Crippen molar-refractivity contribution < 1.29 is 9.90 Å². The second-order valence-electron chi connectivity index (χ2n) is 5.53. The third kappa shape index (κ3) is 3.57. The Morgan fingerprint density at radius 3 is 2.95 bits per heavy atom. The molecule has 0 aromatic rings. The topological polar surface area (TPSA) is 43.8 Å². The van der Waals surface area contributed by atoms with Crippen LogP contribution in [0.3, 0.4) is 0 Å². The lowest BCUT2D eigenvalue weighted by Crippen LogP contribution is -2.47. The van der Waals surface area contributed by atoms with Crippen LogP contribution in [0.2, 0.25) is 0 Å². The number of carbonyl (C=O) groups excluding carboxylic acids is 1. The molecule has 1 unspecified atom stereocenters.